The Morgan fingerprint density at radius 1 is 1.53 bits per heavy atom. The van der Waals surface area contributed by atoms with Crippen LogP contribution in [0.2, 0.25) is 10.2 Å². The van der Waals surface area contributed by atoms with E-state index in [2.05, 4.69) is 10.3 Å². The number of hydrogen-bond donors (Lipinski definition) is 1. The van der Waals surface area contributed by atoms with Gasteiger partial charge in [-0.2, -0.15) is 0 Å². The molecule has 1 heterocycles. The summed E-state index contributed by atoms with van der Waals surface area (Å²) in [5.41, 5.74) is 0.345. The Hall–Kier alpha value is -0.840. The molecule has 1 N–H and O–H groups in total. The first kappa shape index (κ1) is 14.2. The molecule has 1 atom stereocenters. The molecule has 0 bridgehead atoms. The average Bonchev–Trinajstić information content (AvgIpc) is 2.20. The second kappa shape index (κ2) is 6.19. The topological polar surface area (TPSA) is 45.2 Å². The zero-order valence-corrected chi connectivity index (χ0v) is 11.5. The lowest BCUT2D eigenvalue weighted by Gasteiger charge is -2.18. The SMILES string of the molecule is CC(CN(C)C)NC(=O)c1cc(Cl)ncc1Cl. The largest absolute Gasteiger partial charge is 0.348 e. The van der Waals surface area contributed by atoms with Gasteiger partial charge >= 0.3 is 0 Å². The molecule has 0 aliphatic rings. The number of nitrogens with one attached hydrogen (secondary N) is 1. The summed E-state index contributed by atoms with van der Waals surface area (Å²) in [5, 5.41) is 3.39. The van der Waals surface area contributed by atoms with E-state index in [1.807, 2.05) is 25.9 Å². The van der Waals surface area contributed by atoms with Crippen molar-refractivity contribution >= 4 is 29.1 Å². The predicted molar refractivity (Wildman–Crippen MR) is 69.7 cm³/mol. The van der Waals surface area contributed by atoms with Gasteiger partial charge in [-0.25, -0.2) is 4.98 Å². The molecule has 94 valence electrons. The van der Waals surface area contributed by atoms with Crippen LogP contribution in [0.1, 0.15) is 17.3 Å². The van der Waals surface area contributed by atoms with Crippen molar-refractivity contribution in [3.8, 4) is 0 Å². The van der Waals surface area contributed by atoms with Crippen LogP contribution in [0, 0.1) is 0 Å². The monoisotopic (exact) mass is 275 g/mol. The Kier molecular flexibility index (Phi) is 5.18. The summed E-state index contributed by atoms with van der Waals surface area (Å²) in [5.74, 6) is -0.242. The number of carbonyl (C=O) groups is 1. The number of aromatic nitrogens is 1. The maximum absolute atomic E-state index is 11.9. The van der Waals surface area contributed by atoms with Crippen molar-refractivity contribution in [2.45, 2.75) is 13.0 Å². The zero-order chi connectivity index (χ0) is 13.0. The Morgan fingerprint density at radius 2 is 2.18 bits per heavy atom. The van der Waals surface area contributed by atoms with Crippen LogP contribution in [-0.4, -0.2) is 42.5 Å². The molecule has 0 aliphatic carbocycles. The number of rotatable bonds is 4. The fourth-order valence-corrected chi connectivity index (χ4v) is 1.83. The number of likely N-dealkylation sites (N-methyl/N-ethyl adjacent to an activating group) is 1. The van der Waals surface area contributed by atoms with Crippen LogP contribution in [0.4, 0.5) is 0 Å². The first-order valence-corrected chi connectivity index (χ1v) is 5.92. The summed E-state index contributed by atoms with van der Waals surface area (Å²) in [6, 6.07) is 1.49. The predicted octanol–water partition coefficient (Wildman–Crippen LogP) is 2.07. The molecule has 17 heavy (non-hydrogen) atoms. The highest BCUT2D eigenvalue weighted by Gasteiger charge is 2.14. The molecule has 0 saturated heterocycles. The minimum atomic E-state index is -0.242. The standard InChI is InChI=1S/C11H15Cl2N3O/c1-7(6-16(2)3)15-11(17)8-4-10(13)14-5-9(8)12/h4-5,7H,6H2,1-3H3,(H,15,17). The van der Waals surface area contributed by atoms with Crippen molar-refractivity contribution in [3.05, 3.63) is 28.0 Å². The molecule has 4 nitrogen and oxygen atoms in total. The first-order chi connectivity index (χ1) is 7.90. The van der Waals surface area contributed by atoms with Crippen molar-refractivity contribution in [1.82, 2.24) is 15.2 Å². The van der Waals surface area contributed by atoms with Crippen molar-refractivity contribution in [3.63, 3.8) is 0 Å². The minimum absolute atomic E-state index is 0.0282. The zero-order valence-electron chi connectivity index (χ0n) is 10.00. The van der Waals surface area contributed by atoms with Crippen LogP contribution < -0.4 is 5.32 Å². The maximum Gasteiger partial charge on any atom is 0.253 e. The van der Waals surface area contributed by atoms with E-state index in [9.17, 15) is 4.79 Å². The van der Waals surface area contributed by atoms with E-state index in [4.69, 9.17) is 23.2 Å². The van der Waals surface area contributed by atoms with Gasteiger partial charge in [0.15, 0.2) is 0 Å². The molecule has 1 aromatic heterocycles. The second-order valence-electron chi connectivity index (χ2n) is 4.12. The molecule has 0 aromatic carbocycles. The summed E-state index contributed by atoms with van der Waals surface area (Å²) < 4.78 is 0. The van der Waals surface area contributed by atoms with E-state index in [1.165, 1.54) is 12.3 Å². The van der Waals surface area contributed by atoms with Crippen LogP contribution in [-0.2, 0) is 0 Å². The number of nitrogens with zero attached hydrogens (tertiary/aromatic N) is 2. The third-order valence-corrected chi connectivity index (χ3v) is 2.59. The lowest BCUT2D eigenvalue weighted by Crippen LogP contribution is -2.39. The third kappa shape index (κ3) is 4.50. The smallest absolute Gasteiger partial charge is 0.253 e. The molecule has 0 saturated carbocycles. The summed E-state index contributed by atoms with van der Waals surface area (Å²) in [4.78, 5) is 17.7. The van der Waals surface area contributed by atoms with Gasteiger partial charge in [0, 0.05) is 18.8 Å². The molecule has 1 amide bonds. The molecule has 0 spiro atoms. The van der Waals surface area contributed by atoms with Crippen molar-refractivity contribution in [1.29, 1.82) is 0 Å². The van der Waals surface area contributed by atoms with Crippen molar-refractivity contribution in [2.75, 3.05) is 20.6 Å². The number of carbonyl (C=O) groups excluding carboxylic acids is 1. The Bertz CT molecular complexity index is 410. The lowest BCUT2D eigenvalue weighted by molar-refractivity contribution is 0.0934. The van der Waals surface area contributed by atoms with Gasteiger partial charge in [-0.3, -0.25) is 4.79 Å². The fourth-order valence-electron chi connectivity index (χ4n) is 1.48. The molecule has 1 unspecified atom stereocenters. The summed E-state index contributed by atoms with van der Waals surface area (Å²) in [6.45, 7) is 2.68. The summed E-state index contributed by atoms with van der Waals surface area (Å²) in [6.07, 6.45) is 1.37. The molecule has 0 radical (unpaired) electrons. The fraction of sp³-hybridized carbons (Fsp3) is 0.455. The Labute approximate surface area is 111 Å². The van der Waals surface area contributed by atoms with E-state index in [0.29, 0.717) is 10.6 Å². The molecule has 6 heteroatoms. The number of pyridine rings is 1. The van der Waals surface area contributed by atoms with Gasteiger partial charge in [-0.05, 0) is 27.1 Å². The molecular formula is C11H15Cl2N3O. The number of halogens is 2. The highest BCUT2D eigenvalue weighted by atomic mass is 35.5. The summed E-state index contributed by atoms with van der Waals surface area (Å²) >= 11 is 11.6. The highest BCUT2D eigenvalue weighted by Crippen LogP contribution is 2.17. The van der Waals surface area contributed by atoms with Gasteiger partial charge in [-0.1, -0.05) is 23.2 Å². The van der Waals surface area contributed by atoms with Gasteiger partial charge in [0.1, 0.15) is 5.15 Å². The van der Waals surface area contributed by atoms with E-state index in [1.54, 1.807) is 0 Å². The van der Waals surface area contributed by atoms with Crippen LogP contribution in [0.5, 0.6) is 0 Å². The van der Waals surface area contributed by atoms with Crippen molar-refractivity contribution in [2.24, 2.45) is 0 Å². The second-order valence-corrected chi connectivity index (χ2v) is 4.92. The van der Waals surface area contributed by atoms with Gasteiger partial charge in [0.25, 0.3) is 5.91 Å². The number of amides is 1. The van der Waals surface area contributed by atoms with E-state index in [-0.39, 0.29) is 17.1 Å². The minimum Gasteiger partial charge on any atom is -0.348 e. The maximum atomic E-state index is 11.9. The van der Waals surface area contributed by atoms with E-state index < -0.39 is 0 Å². The first-order valence-electron chi connectivity index (χ1n) is 5.16. The molecule has 0 fully saturated rings. The molecule has 1 rings (SSSR count). The van der Waals surface area contributed by atoms with Crippen LogP contribution in [0.3, 0.4) is 0 Å². The van der Waals surface area contributed by atoms with Gasteiger partial charge in [0.05, 0.1) is 10.6 Å². The Balaban J connectivity index is 2.73. The summed E-state index contributed by atoms with van der Waals surface area (Å²) in [7, 11) is 3.89. The van der Waals surface area contributed by atoms with Gasteiger partial charge in [-0.15, -0.1) is 0 Å². The van der Waals surface area contributed by atoms with E-state index >= 15 is 0 Å². The number of hydrogen-bond acceptors (Lipinski definition) is 3. The molecule has 0 aliphatic heterocycles. The van der Waals surface area contributed by atoms with E-state index in [0.717, 1.165) is 6.54 Å². The van der Waals surface area contributed by atoms with Crippen LogP contribution in [0.25, 0.3) is 0 Å². The van der Waals surface area contributed by atoms with Crippen LogP contribution in [0.15, 0.2) is 12.3 Å². The van der Waals surface area contributed by atoms with Gasteiger partial charge in [0.2, 0.25) is 0 Å². The van der Waals surface area contributed by atoms with Crippen molar-refractivity contribution < 1.29 is 4.79 Å². The average molecular weight is 276 g/mol. The Morgan fingerprint density at radius 3 is 2.76 bits per heavy atom. The molecular weight excluding hydrogens is 261 g/mol. The highest BCUT2D eigenvalue weighted by molar-refractivity contribution is 6.35. The normalized spacial score (nSPS) is 12.6. The van der Waals surface area contributed by atoms with Crippen LogP contribution >= 0.6 is 23.2 Å². The van der Waals surface area contributed by atoms with Gasteiger partial charge < -0.3 is 10.2 Å². The quantitative estimate of drug-likeness (QED) is 0.856. The molecule has 1 aromatic rings. The lowest BCUT2D eigenvalue weighted by atomic mass is 10.2. The third-order valence-electron chi connectivity index (χ3n) is 2.08.